The summed E-state index contributed by atoms with van der Waals surface area (Å²) in [6.07, 6.45) is 0.296. The molecule has 1 heterocycles. The van der Waals surface area contributed by atoms with Gasteiger partial charge >= 0.3 is 0 Å². The van der Waals surface area contributed by atoms with Crippen LogP contribution in [-0.2, 0) is 9.59 Å². The molecule has 1 aliphatic rings. The van der Waals surface area contributed by atoms with Crippen molar-refractivity contribution in [2.75, 3.05) is 26.2 Å². The number of hydrogen-bond acceptors (Lipinski definition) is 3. The molecule has 1 atom stereocenters. The molecule has 0 aromatic heterocycles. The van der Waals surface area contributed by atoms with Gasteiger partial charge in [-0.2, -0.15) is 0 Å². The van der Waals surface area contributed by atoms with Crippen LogP contribution in [0.5, 0.6) is 0 Å². The van der Waals surface area contributed by atoms with Crippen LogP contribution in [0.25, 0.3) is 0 Å². The van der Waals surface area contributed by atoms with E-state index in [4.69, 9.17) is 5.11 Å². The molecule has 5 heteroatoms. The monoisotopic (exact) mass is 228 g/mol. The lowest BCUT2D eigenvalue weighted by atomic mass is 10.1. The van der Waals surface area contributed by atoms with Gasteiger partial charge in [-0.15, -0.1) is 0 Å². The summed E-state index contributed by atoms with van der Waals surface area (Å²) in [5.74, 6) is 0.0903. The van der Waals surface area contributed by atoms with E-state index in [-0.39, 0.29) is 30.9 Å². The molecule has 0 bridgehead atoms. The summed E-state index contributed by atoms with van der Waals surface area (Å²) in [4.78, 5) is 24.9. The van der Waals surface area contributed by atoms with Gasteiger partial charge in [0.05, 0.1) is 12.5 Å². The van der Waals surface area contributed by atoms with Crippen molar-refractivity contribution in [2.24, 2.45) is 11.8 Å². The van der Waals surface area contributed by atoms with Crippen LogP contribution >= 0.6 is 0 Å². The zero-order valence-corrected chi connectivity index (χ0v) is 9.90. The van der Waals surface area contributed by atoms with Gasteiger partial charge in [0.25, 0.3) is 0 Å². The third kappa shape index (κ3) is 3.48. The van der Waals surface area contributed by atoms with E-state index in [1.165, 1.54) is 0 Å². The number of hydrogen-bond donors (Lipinski definition) is 2. The van der Waals surface area contributed by atoms with Gasteiger partial charge in [-0.3, -0.25) is 9.59 Å². The van der Waals surface area contributed by atoms with Crippen LogP contribution in [0.3, 0.4) is 0 Å². The number of aliphatic hydroxyl groups is 1. The predicted octanol–water partition coefficient (Wildman–Crippen LogP) is -0.401. The summed E-state index contributed by atoms with van der Waals surface area (Å²) in [6, 6.07) is 0. The fourth-order valence-corrected chi connectivity index (χ4v) is 1.89. The molecule has 92 valence electrons. The van der Waals surface area contributed by atoms with Gasteiger partial charge in [0.15, 0.2) is 0 Å². The maximum absolute atomic E-state index is 11.6. The van der Waals surface area contributed by atoms with Crippen molar-refractivity contribution in [1.29, 1.82) is 0 Å². The number of nitrogens with zero attached hydrogens (tertiary/aromatic N) is 1. The molecule has 1 rings (SSSR count). The zero-order chi connectivity index (χ0) is 12.1. The molecular weight excluding hydrogens is 208 g/mol. The molecule has 2 amide bonds. The van der Waals surface area contributed by atoms with E-state index in [9.17, 15) is 9.59 Å². The highest BCUT2D eigenvalue weighted by atomic mass is 16.3. The fraction of sp³-hybridized carbons (Fsp3) is 0.818. The van der Waals surface area contributed by atoms with Crippen molar-refractivity contribution in [1.82, 2.24) is 10.2 Å². The highest BCUT2D eigenvalue weighted by molar-refractivity contribution is 5.89. The molecule has 0 saturated carbocycles. The molecule has 0 radical (unpaired) electrons. The third-order valence-corrected chi connectivity index (χ3v) is 2.58. The lowest BCUT2D eigenvalue weighted by molar-refractivity contribution is -0.129. The zero-order valence-electron chi connectivity index (χ0n) is 9.90. The standard InChI is InChI=1S/C11H20N2O3/c1-8(2)6-13-7-9(5-10(13)15)11(16)12-3-4-14/h8-9,14H,3-7H2,1-2H3,(H,12,16). The first-order valence-electron chi connectivity index (χ1n) is 5.71. The van der Waals surface area contributed by atoms with E-state index in [0.717, 1.165) is 0 Å². The maximum atomic E-state index is 11.6. The average molecular weight is 228 g/mol. The van der Waals surface area contributed by atoms with Crippen LogP contribution in [-0.4, -0.2) is 48.1 Å². The maximum Gasteiger partial charge on any atom is 0.225 e. The Bertz CT molecular complexity index is 266. The summed E-state index contributed by atoms with van der Waals surface area (Å²) in [6.45, 7) is 5.51. The van der Waals surface area contributed by atoms with E-state index in [2.05, 4.69) is 5.32 Å². The molecule has 1 fully saturated rings. The van der Waals surface area contributed by atoms with Crippen molar-refractivity contribution in [3.8, 4) is 0 Å². The van der Waals surface area contributed by atoms with Gasteiger partial charge in [0, 0.05) is 26.1 Å². The second-order valence-corrected chi connectivity index (χ2v) is 4.61. The first kappa shape index (κ1) is 13.0. The highest BCUT2D eigenvalue weighted by Gasteiger charge is 2.33. The smallest absolute Gasteiger partial charge is 0.225 e. The van der Waals surface area contributed by atoms with E-state index in [1.54, 1.807) is 4.90 Å². The molecule has 0 aromatic rings. The third-order valence-electron chi connectivity index (χ3n) is 2.58. The number of amides is 2. The summed E-state index contributed by atoms with van der Waals surface area (Å²) in [5, 5.41) is 11.2. The second-order valence-electron chi connectivity index (χ2n) is 4.61. The molecule has 1 aliphatic heterocycles. The Labute approximate surface area is 95.8 Å². The number of carbonyl (C=O) groups excluding carboxylic acids is 2. The molecule has 5 nitrogen and oxygen atoms in total. The quantitative estimate of drug-likeness (QED) is 0.672. The van der Waals surface area contributed by atoms with Gasteiger partial charge in [0.1, 0.15) is 0 Å². The lowest BCUT2D eigenvalue weighted by Crippen LogP contribution is -2.35. The Kier molecular flexibility index (Phi) is 4.73. The van der Waals surface area contributed by atoms with Crippen LogP contribution in [0.1, 0.15) is 20.3 Å². The molecule has 2 N–H and O–H groups in total. The number of aliphatic hydroxyl groups excluding tert-OH is 1. The number of carbonyl (C=O) groups is 2. The minimum atomic E-state index is -0.252. The van der Waals surface area contributed by atoms with E-state index in [0.29, 0.717) is 25.4 Å². The minimum absolute atomic E-state index is 0.0536. The summed E-state index contributed by atoms with van der Waals surface area (Å²) in [5.41, 5.74) is 0. The molecule has 1 saturated heterocycles. The van der Waals surface area contributed by atoms with Crippen LogP contribution < -0.4 is 5.32 Å². The number of likely N-dealkylation sites (tertiary alicyclic amines) is 1. The topological polar surface area (TPSA) is 69.6 Å². The predicted molar refractivity (Wildman–Crippen MR) is 59.6 cm³/mol. The Morgan fingerprint density at radius 3 is 2.88 bits per heavy atom. The number of nitrogens with one attached hydrogen (secondary N) is 1. The molecule has 0 aromatic carbocycles. The van der Waals surface area contributed by atoms with Crippen molar-refractivity contribution >= 4 is 11.8 Å². The summed E-state index contributed by atoms with van der Waals surface area (Å²) >= 11 is 0. The average Bonchev–Trinajstić information content (AvgIpc) is 2.56. The van der Waals surface area contributed by atoms with Crippen molar-refractivity contribution in [2.45, 2.75) is 20.3 Å². The van der Waals surface area contributed by atoms with Crippen LogP contribution in [0, 0.1) is 11.8 Å². The van der Waals surface area contributed by atoms with E-state index >= 15 is 0 Å². The van der Waals surface area contributed by atoms with Crippen LogP contribution in [0.2, 0.25) is 0 Å². The summed E-state index contributed by atoms with van der Waals surface area (Å²) in [7, 11) is 0. The highest BCUT2D eigenvalue weighted by Crippen LogP contribution is 2.18. The second kappa shape index (κ2) is 5.84. The molecule has 0 spiro atoms. The first-order chi connectivity index (χ1) is 7.54. The Balaban J connectivity index is 2.43. The van der Waals surface area contributed by atoms with Crippen LogP contribution in [0.15, 0.2) is 0 Å². The van der Waals surface area contributed by atoms with Crippen LogP contribution in [0.4, 0.5) is 0 Å². The fourth-order valence-electron chi connectivity index (χ4n) is 1.89. The molecule has 1 unspecified atom stereocenters. The van der Waals surface area contributed by atoms with Gasteiger partial charge < -0.3 is 15.3 Å². The van der Waals surface area contributed by atoms with Crippen molar-refractivity contribution in [3.05, 3.63) is 0 Å². The van der Waals surface area contributed by atoms with Gasteiger partial charge in [-0.25, -0.2) is 0 Å². The molecular formula is C11H20N2O3. The lowest BCUT2D eigenvalue weighted by Gasteiger charge is -2.18. The molecule has 16 heavy (non-hydrogen) atoms. The minimum Gasteiger partial charge on any atom is -0.395 e. The Morgan fingerprint density at radius 1 is 1.62 bits per heavy atom. The summed E-state index contributed by atoms with van der Waals surface area (Å²) < 4.78 is 0. The van der Waals surface area contributed by atoms with Crippen molar-refractivity contribution < 1.29 is 14.7 Å². The van der Waals surface area contributed by atoms with Gasteiger partial charge in [0.2, 0.25) is 11.8 Å². The normalized spacial score (nSPS) is 20.6. The van der Waals surface area contributed by atoms with Gasteiger partial charge in [-0.05, 0) is 5.92 Å². The van der Waals surface area contributed by atoms with Gasteiger partial charge in [-0.1, -0.05) is 13.8 Å². The van der Waals surface area contributed by atoms with Crippen molar-refractivity contribution in [3.63, 3.8) is 0 Å². The Morgan fingerprint density at radius 2 is 2.31 bits per heavy atom. The Hall–Kier alpha value is -1.10. The SMILES string of the molecule is CC(C)CN1CC(C(=O)NCCO)CC1=O. The largest absolute Gasteiger partial charge is 0.395 e. The van der Waals surface area contributed by atoms with E-state index < -0.39 is 0 Å². The molecule has 0 aliphatic carbocycles. The number of rotatable bonds is 5. The van der Waals surface area contributed by atoms with E-state index in [1.807, 2.05) is 13.8 Å². The first-order valence-corrected chi connectivity index (χ1v) is 5.71.